The molecule has 1 aliphatic carbocycles. The number of fused-ring (bicyclic) bond motifs is 5. The minimum absolute atomic E-state index is 0.0167. The van der Waals surface area contributed by atoms with Crippen molar-refractivity contribution in [1.82, 2.24) is 15.5 Å². The molecule has 0 radical (unpaired) electrons. The van der Waals surface area contributed by atoms with Crippen LogP contribution in [0.25, 0.3) is 0 Å². The molecule has 8 nitrogen and oxygen atoms in total. The highest BCUT2D eigenvalue weighted by Gasteiger charge is 2.35. The minimum atomic E-state index is -1.12. The van der Waals surface area contributed by atoms with Crippen LogP contribution in [-0.2, 0) is 20.7 Å². The maximum Gasteiger partial charge on any atom is 0.243 e. The van der Waals surface area contributed by atoms with E-state index in [1.165, 1.54) is 17.0 Å². The first-order valence-electron chi connectivity index (χ1n) is 15.5. The number of methoxy groups -OCH3 is 1. The Hall–Kier alpha value is -3.34. The van der Waals surface area contributed by atoms with Crippen LogP contribution < -0.4 is 15.4 Å². The number of aliphatic hydroxyl groups is 1. The Kier molecular flexibility index (Phi) is 11.9. The Morgan fingerprint density at radius 2 is 1.91 bits per heavy atom. The molecule has 0 saturated carbocycles. The molecule has 2 aliphatic rings. The number of rotatable bonds is 8. The van der Waals surface area contributed by atoms with Gasteiger partial charge in [-0.15, -0.1) is 0 Å². The number of ether oxygens (including phenoxy) is 2. The molecule has 0 spiro atoms. The Morgan fingerprint density at radius 1 is 1.16 bits per heavy atom. The van der Waals surface area contributed by atoms with E-state index >= 15 is 0 Å². The van der Waals surface area contributed by atoms with Crippen LogP contribution >= 0.6 is 0 Å². The molecule has 0 unspecified atom stereocenters. The number of benzene rings is 2. The van der Waals surface area contributed by atoms with Gasteiger partial charge in [-0.05, 0) is 66.6 Å². The van der Waals surface area contributed by atoms with Gasteiger partial charge < -0.3 is 30.1 Å². The summed E-state index contributed by atoms with van der Waals surface area (Å²) in [5.41, 5.74) is 2.33. The van der Waals surface area contributed by atoms with Crippen molar-refractivity contribution >= 4 is 11.8 Å². The highest BCUT2D eigenvalue weighted by Crippen LogP contribution is 2.42. The van der Waals surface area contributed by atoms with E-state index in [2.05, 4.69) is 17.6 Å². The van der Waals surface area contributed by atoms with Crippen molar-refractivity contribution in [2.45, 2.75) is 82.7 Å². The molecular formula is C34H45F2N3O5. The maximum absolute atomic E-state index is 14.1. The van der Waals surface area contributed by atoms with Gasteiger partial charge in [0.05, 0.1) is 32.0 Å². The summed E-state index contributed by atoms with van der Waals surface area (Å²) in [7, 11) is 3.22. The van der Waals surface area contributed by atoms with E-state index in [4.69, 9.17) is 9.47 Å². The normalized spacial score (nSPS) is 24.9. The number of β-amino-alcohol motifs (C(OH)–C–C–N with tert-alkyl or cyclic N) is 1. The quantitative estimate of drug-likeness (QED) is 0.371. The number of nitrogens with zero attached hydrogens (tertiary/aromatic N) is 1. The topological polar surface area (TPSA) is 100 Å². The number of carbonyl (C=O) groups excluding carboxylic acids is 2. The summed E-state index contributed by atoms with van der Waals surface area (Å²) in [6.07, 6.45) is 5.79. The van der Waals surface area contributed by atoms with Gasteiger partial charge in [0.15, 0.2) is 0 Å². The van der Waals surface area contributed by atoms with Crippen molar-refractivity contribution in [1.29, 1.82) is 0 Å². The molecule has 6 atom stereocenters. The molecule has 44 heavy (non-hydrogen) atoms. The minimum Gasteiger partial charge on any atom is -0.497 e. The van der Waals surface area contributed by atoms with E-state index in [9.17, 15) is 23.5 Å². The first-order valence-corrected chi connectivity index (χ1v) is 15.5. The largest absolute Gasteiger partial charge is 0.497 e. The summed E-state index contributed by atoms with van der Waals surface area (Å²) >= 11 is 0. The van der Waals surface area contributed by atoms with Crippen LogP contribution in [0.1, 0.15) is 74.8 Å². The van der Waals surface area contributed by atoms with Crippen molar-refractivity contribution in [3.8, 4) is 5.75 Å². The fourth-order valence-electron chi connectivity index (χ4n) is 6.09. The fraction of sp³-hybridized carbons (Fsp3) is 0.529. The molecule has 2 bridgehead atoms. The van der Waals surface area contributed by atoms with E-state index in [1.54, 1.807) is 14.2 Å². The van der Waals surface area contributed by atoms with Gasteiger partial charge in [0.1, 0.15) is 23.4 Å². The third kappa shape index (κ3) is 8.43. The molecule has 0 saturated heterocycles. The smallest absolute Gasteiger partial charge is 0.243 e. The number of halogens is 2. The average Bonchev–Trinajstić information content (AvgIpc) is 3.34. The lowest BCUT2D eigenvalue weighted by Crippen LogP contribution is -2.55. The van der Waals surface area contributed by atoms with Gasteiger partial charge >= 0.3 is 0 Å². The van der Waals surface area contributed by atoms with Gasteiger partial charge in [-0.1, -0.05) is 44.9 Å². The zero-order chi connectivity index (χ0) is 31.8. The third-order valence-electron chi connectivity index (χ3n) is 8.66. The standard InChI is InChI=1S/C34H45F2N3O5/c1-5-6-9-21(2)34(42)39(3)30-10-7-8-13-44-32-19-28(27-18-25(43-4)11-12-26(27)32)37-20-31(40)29(38-33(30)41)16-22-14-23(35)17-24(36)15-22/h7-8,11-12,14-15,17-18,21,28-32,37,40H,5-6,9-10,13,16,19-20H2,1-4H3,(H,38,41)/t21-,28-,29-,30-,31+,32-/m0/s1. The first kappa shape index (κ1) is 33.6. The number of hydrogen-bond donors (Lipinski definition) is 3. The van der Waals surface area contributed by atoms with Gasteiger partial charge in [-0.3, -0.25) is 9.59 Å². The Bertz CT molecular complexity index is 1300. The lowest BCUT2D eigenvalue weighted by atomic mass is 9.98. The fourth-order valence-corrected chi connectivity index (χ4v) is 6.09. The van der Waals surface area contributed by atoms with Gasteiger partial charge in [-0.2, -0.15) is 0 Å². The lowest BCUT2D eigenvalue weighted by molar-refractivity contribution is -0.142. The van der Waals surface area contributed by atoms with E-state index in [0.29, 0.717) is 30.8 Å². The van der Waals surface area contributed by atoms with Crippen LogP contribution in [0.15, 0.2) is 48.6 Å². The van der Waals surface area contributed by atoms with Crippen LogP contribution in [0, 0.1) is 17.6 Å². The van der Waals surface area contributed by atoms with Gasteiger partial charge in [0, 0.05) is 31.6 Å². The first-order chi connectivity index (χ1) is 21.1. The zero-order valence-electron chi connectivity index (χ0n) is 26.0. The predicted molar refractivity (Wildman–Crippen MR) is 164 cm³/mol. The van der Waals surface area contributed by atoms with Gasteiger partial charge in [0.25, 0.3) is 0 Å². The maximum atomic E-state index is 14.1. The SMILES string of the molecule is CCCC[C@H](C)C(=O)N(C)[C@H]1CC=CCO[C@H]2C[C@H](NC[C@@H](O)[C@H](Cc3cc(F)cc(F)c3)NC1=O)c1cc(OC)ccc12. The van der Waals surface area contributed by atoms with E-state index in [1.807, 2.05) is 37.3 Å². The van der Waals surface area contributed by atoms with Crippen LogP contribution in [0.2, 0.25) is 0 Å². The van der Waals surface area contributed by atoms with Crippen molar-refractivity contribution in [3.63, 3.8) is 0 Å². The second-order valence-corrected chi connectivity index (χ2v) is 11.9. The molecule has 4 rings (SSSR count). The summed E-state index contributed by atoms with van der Waals surface area (Å²) in [5.74, 6) is -1.64. The Balaban J connectivity index is 1.64. The van der Waals surface area contributed by atoms with E-state index in [-0.39, 0.29) is 43.4 Å². The second-order valence-electron chi connectivity index (χ2n) is 11.9. The lowest BCUT2D eigenvalue weighted by Gasteiger charge is -2.32. The second kappa shape index (κ2) is 15.6. The number of nitrogens with one attached hydrogen (secondary N) is 2. The average molecular weight is 614 g/mol. The molecule has 1 heterocycles. The Morgan fingerprint density at radius 3 is 2.61 bits per heavy atom. The zero-order valence-corrected chi connectivity index (χ0v) is 26.0. The summed E-state index contributed by atoms with van der Waals surface area (Å²) in [6, 6.07) is 7.09. The molecule has 0 fully saturated rings. The molecule has 240 valence electrons. The van der Waals surface area contributed by atoms with Crippen molar-refractivity contribution in [3.05, 3.63) is 76.9 Å². The van der Waals surface area contributed by atoms with Gasteiger partial charge in [0.2, 0.25) is 11.8 Å². The molecule has 3 N–H and O–H groups in total. The van der Waals surface area contributed by atoms with Crippen molar-refractivity contribution in [2.24, 2.45) is 5.92 Å². The van der Waals surface area contributed by atoms with Crippen molar-refractivity contribution < 1.29 is 33.0 Å². The van der Waals surface area contributed by atoms with E-state index < -0.39 is 35.7 Å². The Labute approximate surface area is 258 Å². The summed E-state index contributed by atoms with van der Waals surface area (Å²) in [5, 5.41) is 17.8. The molecule has 0 aromatic heterocycles. The van der Waals surface area contributed by atoms with Crippen LogP contribution in [0.3, 0.4) is 0 Å². The molecule has 10 heteroatoms. The summed E-state index contributed by atoms with van der Waals surface area (Å²) < 4.78 is 39.8. The van der Waals surface area contributed by atoms with Crippen LogP contribution in [0.4, 0.5) is 8.78 Å². The molecule has 2 aromatic carbocycles. The number of likely N-dealkylation sites (N-methyl/N-ethyl adjacent to an activating group) is 1. The van der Waals surface area contributed by atoms with Crippen molar-refractivity contribution in [2.75, 3.05) is 27.3 Å². The number of hydrogen-bond acceptors (Lipinski definition) is 6. The molecular weight excluding hydrogens is 568 g/mol. The van der Waals surface area contributed by atoms with E-state index in [0.717, 1.165) is 30.0 Å². The predicted octanol–water partition coefficient (Wildman–Crippen LogP) is 4.77. The highest BCUT2D eigenvalue weighted by molar-refractivity contribution is 5.88. The molecule has 2 aromatic rings. The number of carbonyl (C=O) groups is 2. The number of unbranched alkanes of at least 4 members (excludes halogenated alkanes) is 1. The molecule has 1 aliphatic heterocycles. The summed E-state index contributed by atoms with van der Waals surface area (Å²) in [6.45, 7) is 4.33. The number of aliphatic hydroxyl groups excluding tert-OH is 1. The number of amides is 2. The third-order valence-corrected chi connectivity index (χ3v) is 8.66. The van der Waals surface area contributed by atoms with Gasteiger partial charge in [-0.25, -0.2) is 8.78 Å². The molecule has 2 amide bonds. The monoisotopic (exact) mass is 613 g/mol. The highest BCUT2D eigenvalue weighted by atomic mass is 19.1. The summed E-state index contributed by atoms with van der Waals surface area (Å²) in [4.78, 5) is 28.6. The van der Waals surface area contributed by atoms with Crippen LogP contribution in [0.5, 0.6) is 5.75 Å². The van der Waals surface area contributed by atoms with Crippen LogP contribution in [-0.4, -0.2) is 67.3 Å².